The smallest absolute Gasteiger partial charge is 0.148 e. The molecule has 0 saturated heterocycles. The maximum Gasteiger partial charge on any atom is 0.148 e. The number of likely N-dealkylation sites (N-methyl/N-ethyl adjacent to an activating group) is 1. The molecule has 0 bridgehead atoms. The van der Waals surface area contributed by atoms with Gasteiger partial charge in [-0.2, -0.15) is 5.26 Å². The molecule has 0 aromatic heterocycles. The van der Waals surface area contributed by atoms with Gasteiger partial charge in [0.1, 0.15) is 11.4 Å². The maximum atomic E-state index is 12.9. The van der Waals surface area contributed by atoms with E-state index in [4.69, 9.17) is 5.26 Å². The lowest BCUT2D eigenvalue weighted by Gasteiger charge is -2.28. The number of nitriles is 1. The van der Waals surface area contributed by atoms with Crippen LogP contribution in [0.4, 0.5) is 4.39 Å². The van der Waals surface area contributed by atoms with Crippen molar-refractivity contribution in [2.45, 2.75) is 12.0 Å². The van der Waals surface area contributed by atoms with E-state index in [0.717, 1.165) is 0 Å². The van der Waals surface area contributed by atoms with Gasteiger partial charge in [0.2, 0.25) is 0 Å². The first kappa shape index (κ1) is 8.95. The summed E-state index contributed by atoms with van der Waals surface area (Å²) < 4.78 is 12.9. The predicted octanol–water partition coefficient (Wildman–Crippen LogP) is 1.62. The lowest BCUT2D eigenvalue weighted by Crippen LogP contribution is -2.40. The summed E-state index contributed by atoms with van der Waals surface area (Å²) in [6, 6.07) is 2.07. The van der Waals surface area contributed by atoms with E-state index in [9.17, 15) is 4.39 Å². The molecule has 1 atom stereocenters. The molecule has 1 rings (SSSR count). The Kier molecular flexibility index (Phi) is 2.30. The fourth-order valence-corrected chi connectivity index (χ4v) is 1.14. The Morgan fingerprint density at radius 2 is 2.33 bits per heavy atom. The minimum absolute atomic E-state index is 0.243. The molecule has 1 unspecified atom stereocenters. The number of nitrogens with zero attached hydrogens (tertiary/aromatic N) is 2. The van der Waals surface area contributed by atoms with Gasteiger partial charge in [-0.25, -0.2) is 4.39 Å². The van der Waals surface area contributed by atoms with Crippen LogP contribution in [0.1, 0.15) is 6.42 Å². The Hall–Kier alpha value is -1.14. The Balaban J connectivity index is 3.03. The molecule has 0 saturated carbocycles. The van der Waals surface area contributed by atoms with E-state index in [1.165, 1.54) is 6.08 Å². The van der Waals surface area contributed by atoms with E-state index >= 15 is 0 Å². The van der Waals surface area contributed by atoms with Crippen molar-refractivity contribution in [1.82, 2.24) is 4.90 Å². The first-order chi connectivity index (χ1) is 5.60. The molecule has 0 N–H and O–H groups in total. The summed E-state index contributed by atoms with van der Waals surface area (Å²) in [4.78, 5) is 1.68. The Morgan fingerprint density at radius 3 is 2.67 bits per heavy atom. The molecule has 0 aromatic rings. The summed E-state index contributed by atoms with van der Waals surface area (Å²) >= 11 is 0. The predicted molar refractivity (Wildman–Crippen MR) is 45.0 cm³/mol. The van der Waals surface area contributed by atoms with Crippen LogP contribution in [0.5, 0.6) is 0 Å². The van der Waals surface area contributed by atoms with Crippen LogP contribution in [0.15, 0.2) is 24.1 Å². The summed E-state index contributed by atoms with van der Waals surface area (Å²) in [5, 5.41) is 8.88. The summed E-state index contributed by atoms with van der Waals surface area (Å²) in [6.45, 7) is 0. The Morgan fingerprint density at radius 1 is 1.67 bits per heavy atom. The van der Waals surface area contributed by atoms with Crippen molar-refractivity contribution in [3.05, 3.63) is 24.1 Å². The average molecular weight is 166 g/mol. The van der Waals surface area contributed by atoms with Crippen molar-refractivity contribution < 1.29 is 4.39 Å². The Labute approximate surface area is 71.6 Å². The van der Waals surface area contributed by atoms with Crippen molar-refractivity contribution in [2.75, 3.05) is 14.1 Å². The molecule has 0 heterocycles. The van der Waals surface area contributed by atoms with E-state index in [1.54, 1.807) is 31.1 Å². The fraction of sp³-hybridized carbons (Fsp3) is 0.444. The minimum Gasteiger partial charge on any atom is -0.285 e. The van der Waals surface area contributed by atoms with Gasteiger partial charge in [0, 0.05) is 6.42 Å². The van der Waals surface area contributed by atoms with Gasteiger partial charge in [0.15, 0.2) is 0 Å². The highest BCUT2D eigenvalue weighted by atomic mass is 19.1. The molecule has 12 heavy (non-hydrogen) atoms. The molecule has 0 amide bonds. The third-order valence-corrected chi connectivity index (χ3v) is 1.98. The molecule has 1 aliphatic carbocycles. The lowest BCUT2D eigenvalue weighted by atomic mass is 9.94. The fourth-order valence-electron chi connectivity index (χ4n) is 1.14. The molecule has 1 aliphatic rings. The third kappa shape index (κ3) is 1.39. The summed E-state index contributed by atoms with van der Waals surface area (Å²) in [6.07, 6.45) is 5.05. The highest BCUT2D eigenvalue weighted by Gasteiger charge is 2.29. The third-order valence-electron chi connectivity index (χ3n) is 1.98. The van der Waals surface area contributed by atoms with Crippen molar-refractivity contribution in [2.24, 2.45) is 0 Å². The minimum atomic E-state index is -0.887. The highest BCUT2D eigenvalue weighted by molar-refractivity contribution is 5.35. The monoisotopic (exact) mass is 166 g/mol. The second-order valence-electron chi connectivity index (χ2n) is 3.03. The van der Waals surface area contributed by atoms with Gasteiger partial charge in [-0.1, -0.05) is 6.08 Å². The second-order valence-corrected chi connectivity index (χ2v) is 3.03. The standard InChI is InChI=1S/C9H11FN2/c1-12(2)9(7-11)5-3-4-8(10)6-9/h3,5-6H,4H2,1-2H3. The van der Waals surface area contributed by atoms with Gasteiger partial charge in [0.25, 0.3) is 0 Å². The second kappa shape index (κ2) is 3.08. The summed E-state index contributed by atoms with van der Waals surface area (Å²) in [7, 11) is 3.51. The number of allylic oxidation sites excluding steroid dienone is 2. The van der Waals surface area contributed by atoms with Crippen LogP contribution in [-0.4, -0.2) is 24.5 Å². The van der Waals surface area contributed by atoms with Crippen LogP contribution in [0, 0.1) is 11.3 Å². The molecular weight excluding hydrogens is 155 g/mol. The first-order valence-corrected chi connectivity index (χ1v) is 3.74. The number of hydrogen-bond donors (Lipinski definition) is 0. The molecular formula is C9H11FN2. The normalized spacial score (nSPS) is 28.4. The molecule has 64 valence electrons. The van der Waals surface area contributed by atoms with Gasteiger partial charge in [-0.3, -0.25) is 4.90 Å². The van der Waals surface area contributed by atoms with E-state index in [1.807, 2.05) is 0 Å². The first-order valence-electron chi connectivity index (χ1n) is 3.74. The highest BCUT2D eigenvalue weighted by Crippen LogP contribution is 2.24. The summed E-state index contributed by atoms with van der Waals surface area (Å²) in [5.41, 5.74) is -0.887. The van der Waals surface area contributed by atoms with Gasteiger partial charge in [0.05, 0.1) is 6.07 Å². The maximum absolute atomic E-state index is 12.9. The van der Waals surface area contributed by atoms with Crippen molar-refractivity contribution in [1.29, 1.82) is 5.26 Å². The molecule has 3 heteroatoms. The van der Waals surface area contributed by atoms with Crippen LogP contribution in [0.2, 0.25) is 0 Å². The largest absolute Gasteiger partial charge is 0.285 e. The summed E-state index contributed by atoms with van der Waals surface area (Å²) in [5.74, 6) is -0.243. The van der Waals surface area contributed by atoms with Crippen molar-refractivity contribution >= 4 is 0 Å². The molecule has 0 spiro atoms. The Bertz CT molecular complexity index is 273. The van der Waals surface area contributed by atoms with E-state index in [0.29, 0.717) is 6.42 Å². The zero-order valence-electron chi connectivity index (χ0n) is 7.21. The van der Waals surface area contributed by atoms with E-state index in [2.05, 4.69) is 6.07 Å². The molecule has 0 aliphatic heterocycles. The number of hydrogen-bond acceptors (Lipinski definition) is 2. The van der Waals surface area contributed by atoms with E-state index in [-0.39, 0.29) is 5.83 Å². The SMILES string of the molecule is CN(C)C1(C#N)C=CCC(F)=C1. The van der Waals surface area contributed by atoms with Crippen molar-refractivity contribution in [3.63, 3.8) is 0 Å². The molecule has 2 nitrogen and oxygen atoms in total. The zero-order valence-corrected chi connectivity index (χ0v) is 7.21. The number of halogens is 1. The zero-order chi connectivity index (χ0) is 9.19. The lowest BCUT2D eigenvalue weighted by molar-refractivity contribution is 0.315. The van der Waals surface area contributed by atoms with Gasteiger partial charge in [-0.05, 0) is 26.2 Å². The van der Waals surface area contributed by atoms with Gasteiger partial charge < -0.3 is 0 Å². The number of rotatable bonds is 1. The molecule has 0 fully saturated rings. The van der Waals surface area contributed by atoms with Crippen LogP contribution in [0.3, 0.4) is 0 Å². The molecule has 0 aromatic carbocycles. The van der Waals surface area contributed by atoms with Crippen LogP contribution < -0.4 is 0 Å². The van der Waals surface area contributed by atoms with Gasteiger partial charge in [-0.15, -0.1) is 0 Å². The average Bonchev–Trinajstić information content (AvgIpc) is 2.04. The topological polar surface area (TPSA) is 27.0 Å². The van der Waals surface area contributed by atoms with Crippen LogP contribution >= 0.6 is 0 Å². The van der Waals surface area contributed by atoms with Crippen LogP contribution in [0.25, 0.3) is 0 Å². The van der Waals surface area contributed by atoms with Crippen molar-refractivity contribution in [3.8, 4) is 6.07 Å². The van der Waals surface area contributed by atoms with E-state index < -0.39 is 5.54 Å². The van der Waals surface area contributed by atoms with Gasteiger partial charge >= 0.3 is 0 Å². The van der Waals surface area contributed by atoms with Crippen LogP contribution in [-0.2, 0) is 0 Å². The quantitative estimate of drug-likeness (QED) is 0.553. The molecule has 0 radical (unpaired) electrons.